The summed E-state index contributed by atoms with van der Waals surface area (Å²) in [5.41, 5.74) is -0.611. The van der Waals surface area contributed by atoms with Crippen LogP contribution in [0.25, 0.3) is 0 Å². The third kappa shape index (κ3) is 7.43. The summed E-state index contributed by atoms with van der Waals surface area (Å²) in [6, 6.07) is -1.12. The molecule has 0 aliphatic heterocycles. The number of hydrogen-bond acceptors (Lipinski definition) is 4. The molecule has 0 aromatic carbocycles. The second-order valence-electron chi connectivity index (χ2n) is 4.73. The van der Waals surface area contributed by atoms with Crippen LogP contribution in [0.4, 0.5) is 0 Å². The summed E-state index contributed by atoms with van der Waals surface area (Å²) in [5, 5.41) is 11.1. The Morgan fingerprint density at radius 2 is 1.94 bits per heavy atom. The highest BCUT2D eigenvalue weighted by Gasteiger charge is 2.22. The molecule has 18 heavy (non-hydrogen) atoms. The van der Waals surface area contributed by atoms with Gasteiger partial charge in [0, 0.05) is 6.42 Å². The number of carboxylic acid groups (broad SMARTS) is 1. The van der Waals surface area contributed by atoms with Gasteiger partial charge < -0.3 is 15.2 Å². The molecule has 0 aliphatic carbocycles. The van der Waals surface area contributed by atoms with Crippen molar-refractivity contribution in [3.8, 4) is 0 Å². The van der Waals surface area contributed by atoms with Crippen LogP contribution < -0.4 is 5.32 Å². The summed E-state index contributed by atoms with van der Waals surface area (Å²) < 4.78 is 5.03. The van der Waals surface area contributed by atoms with Crippen LogP contribution in [0.1, 0.15) is 33.6 Å². The van der Waals surface area contributed by atoms with Crippen molar-refractivity contribution in [1.82, 2.24) is 5.32 Å². The molecule has 102 valence electrons. The average molecular weight is 257 g/mol. The van der Waals surface area contributed by atoms with Crippen molar-refractivity contribution in [1.29, 1.82) is 0 Å². The zero-order valence-electron chi connectivity index (χ0n) is 10.9. The number of nitrogens with one attached hydrogen (secondary N) is 1. The monoisotopic (exact) mass is 257 g/mol. The fourth-order valence-corrected chi connectivity index (χ4v) is 1.14. The highest BCUT2D eigenvalue weighted by atomic mass is 16.6. The first kappa shape index (κ1) is 16.1. The smallest absolute Gasteiger partial charge is 0.326 e. The van der Waals surface area contributed by atoms with E-state index in [1.165, 1.54) is 0 Å². The molecule has 0 saturated carbocycles. The van der Waals surface area contributed by atoms with Crippen LogP contribution in [0.5, 0.6) is 0 Å². The predicted molar refractivity (Wildman–Crippen MR) is 64.8 cm³/mol. The van der Waals surface area contributed by atoms with Gasteiger partial charge in [-0.25, -0.2) is 4.79 Å². The van der Waals surface area contributed by atoms with E-state index in [0.717, 1.165) is 6.08 Å². The van der Waals surface area contributed by atoms with Crippen molar-refractivity contribution < 1.29 is 24.2 Å². The number of carbonyl (C=O) groups excluding carboxylic acids is 2. The van der Waals surface area contributed by atoms with Crippen LogP contribution in [0.15, 0.2) is 12.7 Å². The van der Waals surface area contributed by atoms with Gasteiger partial charge in [-0.2, -0.15) is 0 Å². The van der Waals surface area contributed by atoms with Crippen LogP contribution in [-0.2, 0) is 19.1 Å². The summed E-state index contributed by atoms with van der Waals surface area (Å²) >= 11 is 0. The number of amides is 1. The van der Waals surface area contributed by atoms with Crippen molar-refractivity contribution in [2.45, 2.75) is 45.3 Å². The van der Waals surface area contributed by atoms with Gasteiger partial charge in [-0.05, 0) is 33.3 Å². The molecule has 0 aromatic heterocycles. The van der Waals surface area contributed by atoms with Crippen molar-refractivity contribution >= 4 is 17.8 Å². The number of carbonyl (C=O) groups is 3. The third-order valence-corrected chi connectivity index (χ3v) is 1.86. The van der Waals surface area contributed by atoms with Gasteiger partial charge in [0.2, 0.25) is 5.91 Å². The van der Waals surface area contributed by atoms with E-state index in [2.05, 4.69) is 11.9 Å². The number of rotatable bonds is 6. The largest absolute Gasteiger partial charge is 0.480 e. The lowest BCUT2D eigenvalue weighted by Gasteiger charge is -2.20. The zero-order valence-corrected chi connectivity index (χ0v) is 10.9. The van der Waals surface area contributed by atoms with Gasteiger partial charge in [-0.3, -0.25) is 9.59 Å². The molecule has 0 bridgehead atoms. The fourth-order valence-electron chi connectivity index (χ4n) is 1.14. The molecule has 1 amide bonds. The normalized spacial score (nSPS) is 12.4. The van der Waals surface area contributed by atoms with Crippen LogP contribution in [0.2, 0.25) is 0 Å². The number of hydrogen-bond donors (Lipinski definition) is 2. The van der Waals surface area contributed by atoms with Crippen LogP contribution in [-0.4, -0.2) is 34.6 Å². The van der Waals surface area contributed by atoms with Crippen molar-refractivity contribution in [3.05, 3.63) is 12.7 Å². The molecule has 1 atom stereocenters. The molecule has 0 rings (SSSR count). The number of carboxylic acids is 1. The Kier molecular flexibility index (Phi) is 6.08. The van der Waals surface area contributed by atoms with Gasteiger partial charge in [-0.15, -0.1) is 0 Å². The molecule has 0 aromatic rings. The van der Waals surface area contributed by atoms with Crippen LogP contribution in [0.3, 0.4) is 0 Å². The van der Waals surface area contributed by atoms with E-state index in [9.17, 15) is 14.4 Å². The lowest BCUT2D eigenvalue weighted by molar-refractivity contribution is -0.155. The topological polar surface area (TPSA) is 92.7 Å². The number of aliphatic carboxylic acids is 1. The third-order valence-electron chi connectivity index (χ3n) is 1.86. The molecule has 0 unspecified atom stereocenters. The molecule has 0 heterocycles. The van der Waals surface area contributed by atoms with Gasteiger partial charge in [0.15, 0.2) is 0 Å². The first-order valence-corrected chi connectivity index (χ1v) is 5.53. The minimum atomic E-state index is -1.20. The summed E-state index contributed by atoms with van der Waals surface area (Å²) in [5.74, 6) is -2.29. The van der Waals surface area contributed by atoms with E-state index < -0.39 is 29.5 Å². The molecular weight excluding hydrogens is 238 g/mol. The summed E-state index contributed by atoms with van der Waals surface area (Å²) in [7, 11) is 0. The maximum absolute atomic E-state index is 11.4. The van der Waals surface area contributed by atoms with E-state index >= 15 is 0 Å². The molecule has 6 nitrogen and oxygen atoms in total. The van der Waals surface area contributed by atoms with E-state index in [1.807, 2.05) is 0 Å². The second-order valence-corrected chi connectivity index (χ2v) is 4.73. The second kappa shape index (κ2) is 6.78. The summed E-state index contributed by atoms with van der Waals surface area (Å²) in [6.07, 6.45) is 0.874. The average Bonchev–Trinajstić information content (AvgIpc) is 2.20. The molecule has 6 heteroatoms. The predicted octanol–water partition coefficient (Wildman–Crippen LogP) is 0.864. The number of esters is 1. The molecule has 0 saturated heterocycles. The Labute approximate surface area is 106 Å². The SMILES string of the molecule is C=CC(=O)N[C@H](CCC(=O)OC(C)(C)C)C(=O)O. The summed E-state index contributed by atoms with van der Waals surface area (Å²) in [4.78, 5) is 33.2. The van der Waals surface area contributed by atoms with Crippen molar-refractivity contribution in [2.24, 2.45) is 0 Å². The standard InChI is InChI=1S/C12H19NO5/c1-5-9(14)13-8(11(16)17)6-7-10(15)18-12(2,3)4/h5,8H,1,6-7H2,2-4H3,(H,13,14)(H,16,17)/t8-/m1/s1. The van der Waals surface area contributed by atoms with Crippen molar-refractivity contribution in [2.75, 3.05) is 0 Å². The Balaban J connectivity index is 4.28. The molecule has 0 fully saturated rings. The highest BCUT2D eigenvalue weighted by Crippen LogP contribution is 2.10. The maximum Gasteiger partial charge on any atom is 0.326 e. The van der Waals surface area contributed by atoms with Gasteiger partial charge >= 0.3 is 11.9 Å². The molecule has 0 radical (unpaired) electrons. The zero-order chi connectivity index (χ0) is 14.3. The molecule has 2 N–H and O–H groups in total. The van der Waals surface area contributed by atoms with Gasteiger partial charge in [0.1, 0.15) is 11.6 Å². The Morgan fingerprint density at radius 1 is 1.39 bits per heavy atom. The maximum atomic E-state index is 11.4. The molecule has 0 spiro atoms. The highest BCUT2D eigenvalue weighted by molar-refractivity contribution is 5.90. The Bertz CT molecular complexity index is 343. The first-order valence-electron chi connectivity index (χ1n) is 5.53. The summed E-state index contributed by atoms with van der Waals surface area (Å²) in [6.45, 7) is 8.38. The van der Waals surface area contributed by atoms with Crippen LogP contribution >= 0.6 is 0 Å². The van der Waals surface area contributed by atoms with Gasteiger partial charge in [0.25, 0.3) is 0 Å². The fraction of sp³-hybridized carbons (Fsp3) is 0.583. The molecular formula is C12H19NO5. The van der Waals surface area contributed by atoms with E-state index in [0.29, 0.717) is 0 Å². The van der Waals surface area contributed by atoms with E-state index in [1.54, 1.807) is 20.8 Å². The van der Waals surface area contributed by atoms with Crippen molar-refractivity contribution in [3.63, 3.8) is 0 Å². The van der Waals surface area contributed by atoms with Crippen LogP contribution in [0, 0.1) is 0 Å². The number of ether oxygens (including phenoxy) is 1. The lowest BCUT2D eigenvalue weighted by Crippen LogP contribution is -2.40. The quantitative estimate of drug-likeness (QED) is 0.544. The Morgan fingerprint density at radius 3 is 2.33 bits per heavy atom. The van der Waals surface area contributed by atoms with E-state index in [4.69, 9.17) is 9.84 Å². The van der Waals surface area contributed by atoms with Gasteiger partial charge in [0.05, 0.1) is 0 Å². The first-order chi connectivity index (χ1) is 8.15. The van der Waals surface area contributed by atoms with Gasteiger partial charge in [-0.1, -0.05) is 6.58 Å². The Hall–Kier alpha value is -1.85. The molecule has 0 aliphatic rings. The lowest BCUT2D eigenvalue weighted by atomic mass is 10.1. The van der Waals surface area contributed by atoms with E-state index in [-0.39, 0.29) is 12.8 Å². The minimum absolute atomic E-state index is 0.0240. The minimum Gasteiger partial charge on any atom is -0.480 e.